The van der Waals surface area contributed by atoms with E-state index >= 15 is 0 Å². The van der Waals surface area contributed by atoms with E-state index in [1.807, 2.05) is 35.5 Å². The highest BCUT2D eigenvalue weighted by Gasteiger charge is 2.44. The van der Waals surface area contributed by atoms with Crippen LogP contribution in [0.25, 0.3) is 11.4 Å². The van der Waals surface area contributed by atoms with Gasteiger partial charge in [-0.1, -0.05) is 30.3 Å². The molecule has 1 aliphatic carbocycles. The summed E-state index contributed by atoms with van der Waals surface area (Å²) in [4.78, 5) is 20.8. The van der Waals surface area contributed by atoms with Crippen LogP contribution in [0.5, 0.6) is 0 Å². The maximum atomic E-state index is 11.6. The second-order valence-corrected chi connectivity index (χ2v) is 9.34. The summed E-state index contributed by atoms with van der Waals surface area (Å²) in [7, 11) is 0. The van der Waals surface area contributed by atoms with Crippen LogP contribution in [0.2, 0.25) is 0 Å². The van der Waals surface area contributed by atoms with Crippen LogP contribution < -0.4 is 0 Å². The van der Waals surface area contributed by atoms with Gasteiger partial charge in [0.1, 0.15) is 5.82 Å². The van der Waals surface area contributed by atoms with E-state index in [1.54, 1.807) is 6.92 Å². The molecular weight excluding hydrogens is 376 g/mol. The van der Waals surface area contributed by atoms with Crippen molar-refractivity contribution in [3.8, 4) is 11.4 Å². The Balaban J connectivity index is 1.28. The Labute approximate surface area is 178 Å². The highest BCUT2D eigenvalue weighted by Crippen LogP contribution is 2.43. The summed E-state index contributed by atoms with van der Waals surface area (Å²) in [5, 5.41) is 11.0. The van der Waals surface area contributed by atoms with Crippen molar-refractivity contribution < 1.29 is 9.90 Å². The van der Waals surface area contributed by atoms with Crippen molar-refractivity contribution in [2.24, 2.45) is 11.8 Å². The Hall–Kier alpha value is -2.18. The number of imidazole rings is 1. The van der Waals surface area contributed by atoms with Gasteiger partial charge in [-0.3, -0.25) is 9.69 Å². The molecule has 4 atom stereocenters. The highest BCUT2D eigenvalue weighted by atomic mass is 16.3. The molecule has 2 saturated heterocycles. The molecule has 3 aliphatic rings. The molecule has 0 radical (unpaired) electrons. The zero-order valence-corrected chi connectivity index (χ0v) is 17.7. The third-order valence-corrected chi connectivity index (χ3v) is 7.62. The number of fused-ring (bicyclic) bond motifs is 1. The molecule has 1 N–H and O–H groups in total. The second kappa shape index (κ2) is 8.16. The molecule has 0 bridgehead atoms. The number of aliphatic hydroxyl groups excluding tert-OH is 1. The van der Waals surface area contributed by atoms with E-state index in [4.69, 9.17) is 0 Å². The Kier molecular flexibility index (Phi) is 5.37. The van der Waals surface area contributed by atoms with Gasteiger partial charge in [-0.05, 0) is 37.5 Å². The number of benzene rings is 1. The molecule has 6 nitrogen and oxygen atoms in total. The quantitative estimate of drug-likeness (QED) is 0.848. The minimum absolute atomic E-state index is 0.0865. The van der Waals surface area contributed by atoms with Crippen molar-refractivity contribution in [1.82, 2.24) is 19.4 Å². The summed E-state index contributed by atoms with van der Waals surface area (Å²) in [6, 6.07) is 10.9. The van der Waals surface area contributed by atoms with Gasteiger partial charge in [0.2, 0.25) is 5.91 Å². The number of hydrogen-bond donors (Lipinski definition) is 1. The fourth-order valence-corrected chi connectivity index (χ4v) is 5.98. The third-order valence-electron chi connectivity index (χ3n) is 7.62. The van der Waals surface area contributed by atoms with Gasteiger partial charge in [-0.25, -0.2) is 4.98 Å². The molecule has 160 valence electrons. The van der Waals surface area contributed by atoms with Crippen molar-refractivity contribution in [3.05, 3.63) is 42.7 Å². The maximum Gasteiger partial charge on any atom is 0.219 e. The molecule has 5 rings (SSSR count). The maximum absolute atomic E-state index is 11.6. The van der Waals surface area contributed by atoms with Gasteiger partial charge < -0.3 is 14.6 Å². The number of aromatic nitrogens is 2. The van der Waals surface area contributed by atoms with Crippen molar-refractivity contribution in [1.29, 1.82) is 0 Å². The zero-order chi connectivity index (χ0) is 20.7. The molecule has 1 aromatic carbocycles. The number of carbonyl (C=O) groups excluding carboxylic acids is 1. The summed E-state index contributed by atoms with van der Waals surface area (Å²) in [5.41, 5.74) is 1.10. The van der Waals surface area contributed by atoms with Gasteiger partial charge >= 0.3 is 0 Å². The minimum Gasteiger partial charge on any atom is -0.391 e. The molecule has 30 heavy (non-hydrogen) atoms. The van der Waals surface area contributed by atoms with E-state index < -0.39 is 0 Å². The number of carbonyl (C=O) groups is 1. The summed E-state index contributed by atoms with van der Waals surface area (Å²) in [6.45, 7) is 5.65. The molecule has 2 aromatic rings. The van der Waals surface area contributed by atoms with Crippen LogP contribution in [0.15, 0.2) is 42.7 Å². The molecule has 0 unspecified atom stereocenters. The molecule has 2 aliphatic heterocycles. The largest absolute Gasteiger partial charge is 0.391 e. The predicted molar refractivity (Wildman–Crippen MR) is 116 cm³/mol. The molecule has 3 fully saturated rings. The van der Waals surface area contributed by atoms with Gasteiger partial charge in [-0.2, -0.15) is 0 Å². The van der Waals surface area contributed by atoms with Crippen molar-refractivity contribution in [2.75, 3.05) is 26.2 Å². The first kappa shape index (κ1) is 19.8. The van der Waals surface area contributed by atoms with Crippen LogP contribution in [0.1, 0.15) is 38.6 Å². The SMILES string of the molecule is CC(=O)N1CCC(N2C[C@H]3C[C@H](O)[C@@H](n4ccnc4-c4ccccc4)C[C@H]3C2)CC1. The number of hydrogen-bond acceptors (Lipinski definition) is 4. The molecule has 1 amide bonds. The van der Waals surface area contributed by atoms with Crippen LogP contribution in [0.4, 0.5) is 0 Å². The molecule has 0 spiro atoms. The Morgan fingerprint density at radius 2 is 1.77 bits per heavy atom. The minimum atomic E-state index is -0.331. The predicted octanol–water partition coefficient (Wildman–Crippen LogP) is 2.80. The second-order valence-electron chi connectivity index (χ2n) is 9.34. The fraction of sp³-hybridized carbons (Fsp3) is 0.583. The molecule has 1 aromatic heterocycles. The summed E-state index contributed by atoms with van der Waals surface area (Å²) in [6.07, 6.45) is 7.57. The Bertz CT molecular complexity index is 874. The lowest BCUT2D eigenvalue weighted by Crippen LogP contribution is -2.45. The summed E-state index contributed by atoms with van der Waals surface area (Å²) in [5.74, 6) is 2.34. The van der Waals surface area contributed by atoms with Gasteiger partial charge in [0.05, 0.1) is 12.1 Å². The van der Waals surface area contributed by atoms with Crippen molar-refractivity contribution >= 4 is 5.91 Å². The normalized spacial score (nSPS) is 30.4. The van der Waals surface area contributed by atoms with Crippen LogP contribution in [-0.4, -0.2) is 68.7 Å². The number of rotatable bonds is 3. The lowest BCUT2D eigenvalue weighted by Gasteiger charge is -2.36. The number of amides is 1. The van der Waals surface area contributed by atoms with Crippen LogP contribution in [0, 0.1) is 11.8 Å². The van der Waals surface area contributed by atoms with E-state index in [0.717, 1.165) is 63.3 Å². The van der Waals surface area contributed by atoms with Gasteiger partial charge in [-0.15, -0.1) is 0 Å². The smallest absolute Gasteiger partial charge is 0.219 e. The first-order valence-corrected chi connectivity index (χ1v) is 11.4. The van der Waals surface area contributed by atoms with Gasteiger partial charge in [0.15, 0.2) is 0 Å². The van der Waals surface area contributed by atoms with Gasteiger partial charge in [0, 0.05) is 57.1 Å². The van der Waals surface area contributed by atoms with E-state index in [9.17, 15) is 9.90 Å². The number of likely N-dealkylation sites (tertiary alicyclic amines) is 2. The number of nitrogens with zero attached hydrogens (tertiary/aromatic N) is 4. The van der Waals surface area contributed by atoms with E-state index in [2.05, 4.69) is 26.6 Å². The number of piperidine rings is 1. The van der Waals surface area contributed by atoms with E-state index in [1.165, 1.54) is 0 Å². The summed E-state index contributed by atoms with van der Waals surface area (Å²) < 4.78 is 2.20. The van der Waals surface area contributed by atoms with E-state index in [0.29, 0.717) is 17.9 Å². The Morgan fingerprint density at radius 3 is 2.47 bits per heavy atom. The average Bonchev–Trinajstić information content (AvgIpc) is 3.40. The number of aliphatic hydroxyl groups is 1. The first-order valence-electron chi connectivity index (χ1n) is 11.4. The first-order chi connectivity index (χ1) is 14.6. The van der Waals surface area contributed by atoms with Crippen LogP contribution in [0.3, 0.4) is 0 Å². The van der Waals surface area contributed by atoms with Crippen LogP contribution in [-0.2, 0) is 4.79 Å². The lowest BCUT2D eigenvalue weighted by molar-refractivity contribution is -0.130. The van der Waals surface area contributed by atoms with E-state index in [-0.39, 0.29) is 18.1 Å². The molecule has 6 heteroatoms. The lowest BCUT2D eigenvalue weighted by atomic mass is 9.77. The van der Waals surface area contributed by atoms with Crippen molar-refractivity contribution in [3.63, 3.8) is 0 Å². The average molecular weight is 409 g/mol. The highest BCUT2D eigenvalue weighted by molar-refractivity contribution is 5.73. The fourth-order valence-electron chi connectivity index (χ4n) is 5.98. The topological polar surface area (TPSA) is 61.6 Å². The monoisotopic (exact) mass is 408 g/mol. The molecule has 3 heterocycles. The standard InChI is InChI=1S/C24H32N4O2/c1-17(29)26-10-7-21(8-11-26)27-15-19-13-22(23(30)14-20(19)16-27)28-12-9-25-24(28)18-5-3-2-4-6-18/h2-6,9,12,19-23,30H,7-8,10-11,13-16H2,1H3/t19-,20+,22-,23-/m0/s1. The van der Waals surface area contributed by atoms with Crippen molar-refractivity contribution in [2.45, 2.75) is 50.8 Å². The molecular formula is C24H32N4O2. The van der Waals surface area contributed by atoms with Gasteiger partial charge in [0.25, 0.3) is 0 Å². The summed E-state index contributed by atoms with van der Waals surface area (Å²) >= 11 is 0. The Morgan fingerprint density at radius 1 is 1.07 bits per heavy atom. The van der Waals surface area contributed by atoms with Crippen LogP contribution >= 0.6 is 0 Å². The zero-order valence-electron chi connectivity index (χ0n) is 17.7. The molecule has 1 saturated carbocycles. The third kappa shape index (κ3) is 3.67.